The van der Waals surface area contributed by atoms with E-state index in [2.05, 4.69) is 0 Å². The molecule has 2 fully saturated rings. The van der Waals surface area contributed by atoms with Gasteiger partial charge in [-0.1, -0.05) is 38.5 Å². The summed E-state index contributed by atoms with van der Waals surface area (Å²) in [6.45, 7) is 0. The predicted octanol–water partition coefficient (Wildman–Crippen LogP) is -1.07. The summed E-state index contributed by atoms with van der Waals surface area (Å²) in [5, 5.41) is 0. The average molecular weight is 434 g/mol. The molecule has 0 bridgehead atoms. The third-order valence-electron chi connectivity index (χ3n) is 4.78. The van der Waals surface area contributed by atoms with Crippen LogP contribution in [-0.2, 0) is 0 Å². The Morgan fingerprint density at radius 2 is 0.947 bits per heavy atom. The Kier molecular flexibility index (Phi) is 14.8. The number of halogens is 2. The van der Waals surface area contributed by atoms with Crippen molar-refractivity contribution in [3.05, 3.63) is 0 Å². The van der Waals surface area contributed by atoms with Crippen LogP contribution in [0.2, 0.25) is 0 Å². The average Bonchev–Trinajstić information content (AvgIpc) is 2.41. The molecule has 0 heterocycles. The maximum Gasteiger partial charge on any atom is 0.150 e. The molecule has 2 aliphatic rings. The van der Waals surface area contributed by atoms with Gasteiger partial charge in [-0.15, -0.1) is 0 Å². The lowest BCUT2D eigenvalue weighted by Gasteiger charge is -2.19. The molecule has 2 unspecified atom stereocenters. The van der Waals surface area contributed by atoms with E-state index in [1.54, 1.807) is 69.6 Å². The molecule has 0 saturated heterocycles. The van der Waals surface area contributed by atoms with Crippen molar-refractivity contribution in [1.29, 1.82) is 0 Å². The highest BCUT2D eigenvalue weighted by atomic mass is 79.9. The van der Waals surface area contributed by atoms with Crippen LogP contribution in [0.3, 0.4) is 0 Å². The largest absolute Gasteiger partial charge is 1.00 e. The maximum absolute atomic E-state index is 1.69. The zero-order valence-electron chi connectivity index (χ0n) is 12.3. The minimum absolute atomic E-state index is 0. The Balaban J connectivity index is 0.00000162. The van der Waals surface area contributed by atoms with Crippen molar-refractivity contribution in [2.75, 3.05) is 18.2 Å². The normalized spacial score (nSPS) is 22.7. The van der Waals surface area contributed by atoms with E-state index in [-0.39, 0.29) is 34.0 Å². The van der Waals surface area contributed by atoms with Gasteiger partial charge in [0.15, 0.2) is 5.90 Å². The van der Waals surface area contributed by atoms with Crippen LogP contribution < -0.4 is 34.0 Å². The van der Waals surface area contributed by atoms with Gasteiger partial charge >= 0.3 is 0 Å². The van der Waals surface area contributed by atoms with E-state index in [4.69, 9.17) is 0 Å². The van der Waals surface area contributed by atoms with Gasteiger partial charge in [0, 0.05) is 17.2 Å². The molecule has 4 heteroatoms. The molecule has 116 valence electrons. The van der Waals surface area contributed by atoms with Crippen molar-refractivity contribution in [2.24, 2.45) is 11.8 Å². The first-order valence-corrected chi connectivity index (χ1v) is 11.3. The van der Waals surface area contributed by atoms with Crippen molar-refractivity contribution in [3.8, 4) is 0 Å². The van der Waals surface area contributed by atoms with E-state index in [0.29, 0.717) is 0 Å². The highest BCUT2D eigenvalue weighted by Gasteiger charge is 2.18. The minimum atomic E-state index is 0. The summed E-state index contributed by atoms with van der Waals surface area (Å²) in [6, 6.07) is 0. The van der Waals surface area contributed by atoms with E-state index in [1.165, 1.54) is 12.8 Å². The van der Waals surface area contributed by atoms with Gasteiger partial charge in [-0.05, 0) is 37.5 Å². The van der Waals surface area contributed by atoms with Crippen molar-refractivity contribution >= 4 is 17.2 Å². The van der Waals surface area contributed by atoms with Gasteiger partial charge in [0.05, 0.1) is 12.3 Å². The Hall–Kier alpha value is 1.82. The molecule has 19 heavy (non-hydrogen) atoms. The number of rotatable bonds is 6. The Labute approximate surface area is 145 Å². The molecule has 2 saturated carbocycles. The van der Waals surface area contributed by atoms with E-state index in [0.717, 1.165) is 29.0 Å². The van der Waals surface area contributed by atoms with Gasteiger partial charge in [-0.3, -0.25) is 0 Å². The molecule has 0 N–H and O–H groups in total. The molecular weight excluding hydrogens is 402 g/mol. The summed E-state index contributed by atoms with van der Waals surface area (Å²) >= 11 is 0. The van der Waals surface area contributed by atoms with Gasteiger partial charge in [0.1, 0.15) is 0 Å². The zero-order valence-corrected chi connectivity index (χ0v) is 17.7. The second kappa shape index (κ2) is 13.5. The molecule has 0 aromatic heterocycles. The van der Waals surface area contributed by atoms with Crippen LogP contribution in [0.5, 0.6) is 0 Å². The summed E-state index contributed by atoms with van der Waals surface area (Å²) in [4.78, 5) is 0. The van der Waals surface area contributed by atoms with Crippen molar-refractivity contribution in [1.82, 2.24) is 0 Å². The fourth-order valence-corrected chi connectivity index (χ4v) is 8.00. The van der Waals surface area contributed by atoms with Crippen LogP contribution in [0, 0.1) is 11.8 Å². The van der Waals surface area contributed by atoms with Crippen LogP contribution in [0.1, 0.15) is 64.2 Å². The molecule has 0 aromatic carbocycles. The maximum atomic E-state index is 1.69. The van der Waals surface area contributed by atoms with E-state index >= 15 is 0 Å². The third kappa shape index (κ3) is 9.44. The highest BCUT2D eigenvalue weighted by molar-refractivity contribution is 7.56. The third-order valence-corrected chi connectivity index (χ3v) is 9.45. The fourth-order valence-electron chi connectivity index (χ4n) is 3.63. The molecule has 2 rings (SSSR count). The Bertz CT molecular complexity index is 171. The minimum Gasteiger partial charge on any atom is -1.00 e. The lowest BCUT2D eigenvalue weighted by Crippen LogP contribution is -3.00. The van der Waals surface area contributed by atoms with Crippen LogP contribution in [-0.4, -0.2) is 18.2 Å². The quantitative estimate of drug-likeness (QED) is 0.370. The molecule has 0 radical (unpaired) electrons. The summed E-state index contributed by atoms with van der Waals surface area (Å²) in [5.41, 5.74) is 0. The van der Waals surface area contributed by atoms with Crippen LogP contribution in [0.15, 0.2) is 0 Å². The first-order chi connectivity index (χ1) is 8.45. The molecule has 0 aliphatic heterocycles. The highest BCUT2D eigenvalue weighted by Crippen LogP contribution is 2.35. The van der Waals surface area contributed by atoms with Gasteiger partial charge in [-0.2, -0.15) is 0 Å². The van der Waals surface area contributed by atoms with Crippen LogP contribution in [0.4, 0.5) is 0 Å². The van der Waals surface area contributed by atoms with Gasteiger partial charge in [-0.25, -0.2) is 0 Å². The Morgan fingerprint density at radius 1 is 0.579 bits per heavy atom. The van der Waals surface area contributed by atoms with E-state index in [9.17, 15) is 0 Å². The molecule has 0 aromatic rings. The van der Waals surface area contributed by atoms with Gasteiger partial charge in [0.2, 0.25) is 0 Å². The summed E-state index contributed by atoms with van der Waals surface area (Å²) in [7, 11) is 1.68. The summed E-state index contributed by atoms with van der Waals surface area (Å²) in [6.07, 6.45) is 18.8. The molecule has 0 nitrogen and oxygen atoms in total. The molecule has 2 aliphatic carbocycles. The summed E-state index contributed by atoms with van der Waals surface area (Å²) in [5.74, 6) is 4.01. The molecule has 0 spiro atoms. The van der Waals surface area contributed by atoms with Crippen LogP contribution >= 0.6 is 17.2 Å². The smallest absolute Gasteiger partial charge is 0.150 e. The summed E-state index contributed by atoms with van der Waals surface area (Å²) < 4.78 is 0. The number of hydrogen-bond donors (Lipinski definition) is 0. The molecule has 0 amide bonds. The molecular formula is C15H32Br2P2. The topological polar surface area (TPSA) is 0 Å². The lowest BCUT2D eigenvalue weighted by molar-refractivity contribution is -0.00100. The van der Waals surface area contributed by atoms with Crippen molar-refractivity contribution in [2.45, 2.75) is 64.2 Å². The standard InChI is InChI=1S/C15H30P2.2BrH/c1-3-7-14(8-4-1)11-16-13-17-12-15-9-5-2-6-10-15;;/h14-17H,1-13H2;2*1H. The van der Waals surface area contributed by atoms with Crippen molar-refractivity contribution < 1.29 is 34.0 Å². The fraction of sp³-hybridized carbons (Fsp3) is 1.00. The first-order valence-electron chi connectivity index (χ1n) is 8.08. The van der Waals surface area contributed by atoms with E-state index in [1.807, 2.05) is 0 Å². The first kappa shape index (κ1) is 20.8. The lowest BCUT2D eigenvalue weighted by atomic mass is 9.91. The van der Waals surface area contributed by atoms with Crippen LogP contribution in [0.25, 0.3) is 0 Å². The predicted molar refractivity (Wildman–Crippen MR) is 87.2 cm³/mol. The second-order valence-electron chi connectivity index (χ2n) is 6.29. The second-order valence-corrected chi connectivity index (χ2v) is 10.3. The van der Waals surface area contributed by atoms with Gasteiger partial charge < -0.3 is 34.0 Å². The zero-order chi connectivity index (χ0) is 11.8. The Morgan fingerprint density at radius 3 is 1.32 bits per heavy atom. The SMILES string of the molecule is C1CCC(C[PH2+]C[PH2+]CC2CCCCC2)CC1.[Br-].[Br-]. The van der Waals surface area contributed by atoms with Crippen molar-refractivity contribution in [3.63, 3.8) is 0 Å². The number of hydrogen-bond acceptors (Lipinski definition) is 0. The van der Waals surface area contributed by atoms with E-state index < -0.39 is 0 Å². The van der Waals surface area contributed by atoms with Gasteiger partial charge in [0.25, 0.3) is 0 Å². The molecule has 2 atom stereocenters. The monoisotopic (exact) mass is 432 g/mol.